The maximum absolute atomic E-state index is 11.6. The Bertz CT molecular complexity index is 332. The van der Waals surface area contributed by atoms with E-state index in [2.05, 4.69) is 16.0 Å². The van der Waals surface area contributed by atoms with Gasteiger partial charge in [0.15, 0.2) is 0 Å². The molecule has 1 amide bonds. The van der Waals surface area contributed by atoms with Gasteiger partial charge in [-0.3, -0.25) is 14.4 Å². The van der Waals surface area contributed by atoms with Crippen LogP contribution >= 0.6 is 0 Å². The van der Waals surface area contributed by atoms with E-state index in [4.69, 9.17) is 0 Å². The molecule has 0 bridgehead atoms. The standard InChI is InChI=1S/C14H27N3O3/c1-10(18)12(15-3)6-5-9-17-14(20)8-7-13(16-4)11(2)19/h12-13,15-16H,5-9H2,1-4H3,(H,17,20). The third kappa shape index (κ3) is 8.01. The van der Waals surface area contributed by atoms with E-state index < -0.39 is 0 Å². The van der Waals surface area contributed by atoms with Gasteiger partial charge in [0.1, 0.15) is 11.6 Å². The number of rotatable bonds is 11. The van der Waals surface area contributed by atoms with E-state index in [1.165, 1.54) is 6.92 Å². The number of carbonyl (C=O) groups is 3. The predicted molar refractivity (Wildman–Crippen MR) is 78.5 cm³/mol. The zero-order valence-corrected chi connectivity index (χ0v) is 12.9. The lowest BCUT2D eigenvalue weighted by atomic mass is 10.1. The van der Waals surface area contributed by atoms with Gasteiger partial charge in [-0.25, -0.2) is 0 Å². The Morgan fingerprint density at radius 2 is 1.40 bits per heavy atom. The Morgan fingerprint density at radius 1 is 0.900 bits per heavy atom. The van der Waals surface area contributed by atoms with Gasteiger partial charge < -0.3 is 16.0 Å². The molecular formula is C14H27N3O3. The molecule has 0 aromatic carbocycles. The van der Waals surface area contributed by atoms with Crippen molar-refractivity contribution < 1.29 is 14.4 Å². The highest BCUT2D eigenvalue weighted by Gasteiger charge is 2.14. The number of likely N-dealkylation sites (N-methyl/N-ethyl adjacent to an activating group) is 2. The van der Waals surface area contributed by atoms with Crippen molar-refractivity contribution in [1.82, 2.24) is 16.0 Å². The summed E-state index contributed by atoms with van der Waals surface area (Å²) >= 11 is 0. The first-order chi connectivity index (χ1) is 9.42. The van der Waals surface area contributed by atoms with Crippen LogP contribution in [-0.4, -0.2) is 50.2 Å². The van der Waals surface area contributed by atoms with Gasteiger partial charge in [-0.05, 0) is 47.2 Å². The zero-order valence-electron chi connectivity index (χ0n) is 12.9. The molecule has 0 aliphatic carbocycles. The summed E-state index contributed by atoms with van der Waals surface area (Å²) in [6.45, 7) is 3.62. The van der Waals surface area contributed by atoms with Crippen molar-refractivity contribution in [2.24, 2.45) is 0 Å². The average Bonchev–Trinajstić information content (AvgIpc) is 2.38. The maximum atomic E-state index is 11.6. The van der Waals surface area contributed by atoms with Gasteiger partial charge >= 0.3 is 0 Å². The van der Waals surface area contributed by atoms with E-state index in [1.807, 2.05) is 0 Å². The number of amides is 1. The van der Waals surface area contributed by atoms with Crippen LogP contribution in [0.2, 0.25) is 0 Å². The number of carbonyl (C=O) groups excluding carboxylic acids is 3. The molecule has 0 radical (unpaired) electrons. The summed E-state index contributed by atoms with van der Waals surface area (Å²) in [5, 5.41) is 8.63. The molecule has 2 atom stereocenters. The van der Waals surface area contributed by atoms with E-state index in [1.54, 1.807) is 21.0 Å². The van der Waals surface area contributed by atoms with Crippen molar-refractivity contribution in [2.45, 2.75) is 51.6 Å². The molecule has 0 rings (SSSR count). The second-order valence-electron chi connectivity index (χ2n) is 4.93. The van der Waals surface area contributed by atoms with Crippen LogP contribution in [0.3, 0.4) is 0 Å². The number of nitrogens with one attached hydrogen (secondary N) is 3. The molecule has 0 saturated heterocycles. The van der Waals surface area contributed by atoms with E-state index >= 15 is 0 Å². The molecule has 0 saturated carbocycles. The maximum Gasteiger partial charge on any atom is 0.220 e. The molecule has 3 N–H and O–H groups in total. The highest BCUT2D eigenvalue weighted by molar-refractivity contribution is 5.83. The van der Waals surface area contributed by atoms with Crippen molar-refractivity contribution in [3.05, 3.63) is 0 Å². The Morgan fingerprint density at radius 3 is 1.85 bits per heavy atom. The summed E-state index contributed by atoms with van der Waals surface area (Å²) in [6, 6.07) is -0.398. The second kappa shape index (κ2) is 10.5. The minimum absolute atomic E-state index is 0.0404. The van der Waals surface area contributed by atoms with Gasteiger partial charge in [-0.15, -0.1) is 0 Å². The average molecular weight is 285 g/mol. The first kappa shape index (κ1) is 18.7. The fourth-order valence-corrected chi connectivity index (χ4v) is 2.00. The Hall–Kier alpha value is -1.27. The number of hydrogen-bond donors (Lipinski definition) is 3. The van der Waals surface area contributed by atoms with E-state index in [0.717, 1.165) is 6.42 Å². The Labute approximate surface area is 121 Å². The monoisotopic (exact) mass is 285 g/mol. The largest absolute Gasteiger partial charge is 0.356 e. The molecule has 0 aromatic heterocycles. The van der Waals surface area contributed by atoms with Crippen molar-refractivity contribution in [1.29, 1.82) is 0 Å². The molecule has 6 nitrogen and oxygen atoms in total. The van der Waals surface area contributed by atoms with Crippen molar-refractivity contribution in [2.75, 3.05) is 20.6 Å². The molecule has 0 heterocycles. The second-order valence-corrected chi connectivity index (χ2v) is 4.93. The number of ketones is 2. The van der Waals surface area contributed by atoms with Crippen LogP contribution in [0.15, 0.2) is 0 Å². The molecule has 0 aromatic rings. The van der Waals surface area contributed by atoms with Crippen LogP contribution in [-0.2, 0) is 14.4 Å². The smallest absolute Gasteiger partial charge is 0.220 e. The molecule has 116 valence electrons. The van der Waals surface area contributed by atoms with E-state index in [-0.39, 0.29) is 29.6 Å². The van der Waals surface area contributed by atoms with E-state index in [0.29, 0.717) is 25.8 Å². The van der Waals surface area contributed by atoms with Gasteiger partial charge in [-0.2, -0.15) is 0 Å². The SMILES string of the molecule is CNC(CCCNC(=O)CCC(NC)C(C)=O)C(C)=O. The molecule has 0 fully saturated rings. The Kier molecular flexibility index (Phi) is 9.84. The molecular weight excluding hydrogens is 258 g/mol. The summed E-state index contributed by atoms with van der Waals surface area (Å²) in [5.74, 6) is 0.0890. The molecule has 20 heavy (non-hydrogen) atoms. The van der Waals surface area contributed by atoms with E-state index in [9.17, 15) is 14.4 Å². The lowest BCUT2D eigenvalue weighted by molar-refractivity contribution is -0.122. The quantitative estimate of drug-likeness (QED) is 0.466. The highest BCUT2D eigenvalue weighted by Crippen LogP contribution is 2.00. The summed E-state index contributed by atoms with van der Waals surface area (Å²) in [7, 11) is 3.47. The minimum Gasteiger partial charge on any atom is -0.356 e. The van der Waals surface area contributed by atoms with Gasteiger partial charge in [0, 0.05) is 13.0 Å². The van der Waals surface area contributed by atoms with Gasteiger partial charge in [-0.1, -0.05) is 0 Å². The number of Topliss-reactive ketones (excluding diaryl/α,β-unsaturated/α-hetero) is 2. The van der Waals surface area contributed by atoms with Crippen LogP contribution in [0, 0.1) is 0 Å². The molecule has 0 spiro atoms. The summed E-state index contributed by atoms with van der Waals surface area (Å²) < 4.78 is 0. The van der Waals surface area contributed by atoms with Gasteiger partial charge in [0.25, 0.3) is 0 Å². The van der Waals surface area contributed by atoms with Crippen LogP contribution in [0.25, 0.3) is 0 Å². The molecule has 2 unspecified atom stereocenters. The van der Waals surface area contributed by atoms with Crippen molar-refractivity contribution in [3.8, 4) is 0 Å². The van der Waals surface area contributed by atoms with Crippen LogP contribution in [0.4, 0.5) is 0 Å². The highest BCUT2D eigenvalue weighted by atomic mass is 16.1. The van der Waals surface area contributed by atoms with Crippen LogP contribution in [0.5, 0.6) is 0 Å². The first-order valence-electron chi connectivity index (χ1n) is 7.04. The summed E-state index contributed by atoms with van der Waals surface area (Å²) in [5.41, 5.74) is 0. The summed E-state index contributed by atoms with van der Waals surface area (Å²) in [6.07, 6.45) is 2.29. The third-order valence-corrected chi connectivity index (χ3v) is 3.33. The number of hydrogen-bond acceptors (Lipinski definition) is 5. The zero-order chi connectivity index (χ0) is 15.5. The van der Waals surface area contributed by atoms with Crippen LogP contribution in [0.1, 0.15) is 39.5 Å². The van der Waals surface area contributed by atoms with Gasteiger partial charge in [0.05, 0.1) is 12.1 Å². The predicted octanol–water partition coefficient (Wildman–Crippen LogP) is 0.0170. The molecule has 0 aliphatic rings. The normalized spacial score (nSPS) is 13.6. The molecule has 0 aliphatic heterocycles. The van der Waals surface area contributed by atoms with Crippen molar-refractivity contribution in [3.63, 3.8) is 0 Å². The lowest BCUT2D eigenvalue weighted by Gasteiger charge is -2.14. The summed E-state index contributed by atoms with van der Waals surface area (Å²) in [4.78, 5) is 34.0. The lowest BCUT2D eigenvalue weighted by Crippen LogP contribution is -2.35. The third-order valence-electron chi connectivity index (χ3n) is 3.33. The Balaban J connectivity index is 3.78. The van der Waals surface area contributed by atoms with Gasteiger partial charge in [0.2, 0.25) is 5.91 Å². The fourth-order valence-electron chi connectivity index (χ4n) is 2.00. The first-order valence-corrected chi connectivity index (χ1v) is 7.04. The minimum atomic E-state index is -0.257. The van der Waals surface area contributed by atoms with Crippen LogP contribution < -0.4 is 16.0 Å². The van der Waals surface area contributed by atoms with Crippen molar-refractivity contribution >= 4 is 17.5 Å². The fraction of sp³-hybridized carbons (Fsp3) is 0.786. The topological polar surface area (TPSA) is 87.3 Å². The molecule has 6 heteroatoms.